The number of carboxylic acid groups (broad SMARTS) is 1. The minimum absolute atomic E-state index is 0.0237. The van der Waals surface area contributed by atoms with Crippen molar-refractivity contribution >= 4 is 11.9 Å². The molecule has 1 aromatic carbocycles. The quantitative estimate of drug-likeness (QED) is 0.802. The van der Waals surface area contributed by atoms with Crippen molar-refractivity contribution in [2.75, 3.05) is 6.61 Å². The molecule has 0 spiro atoms. The molecule has 110 valence electrons. The number of ether oxygens (including phenoxy) is 1. The number of rotatable bonds is 7. The van der Waals surface area contributed by atoms with Crippen molar-refractivity contribution in [3.8, 4) is 5.75 Å². The number of carbonyl (C=O) groups excluding carboxylic acids is 1. The van der Waals surface area contributed by atoms with Crippen LogP contribution >= 0.6 is 0 Å². The van der Waals surface area contributed by atoms with Crippen molar-refractivity contribution in [2.24, 2.45) is 0 Å². The van der Waals surface area contributed by atoms with E-state index in [1.54, 1.807) is 26.0 Å². The Balaban J connectivity index is 2.37. The smallest absolute Gasteiger partial charge is 0.305 e. The summed E-state index contributed by atoms with van der Waals surface area (Å²) in [5, 5.41) is 11.3. The average Bonchev–Trinajstić information content (AvgIpc) is 2.29. The van der Waals surface area contributed by atoms with Crippen LogP contribution in [0.4, 0.5) is 4.39 Å². The Morgan fingerprint density at radius 1 is 1.35 bits per heavy atom. The first-order chi connectivity index (χ1) is 9.30. The first kappa shape index (κ1) is 15.9. The number of hydrogen-bond donors (Lipinski definition) is 2. The number of nitrogens with one attached hydrogen (secondary N) is 1. The van der Waals surface area contributed by atoms with Crippen molar-refractivity contribution in [3.63, 3.8) is 0 Å². The zero-order chi connectivity index (χ0) is 15.2. The molecule has 0 aromatic heterocycles. The zero-order valence-corrected chi connectivity index (χ0v) is 11.5. The Hall–Kier alpha value is -2.11. The molecule has 0 aliphatic heterocycles. The Morgan fingerprint density at radius 3 is 2.60 bits per heavy atom. The van der Waals surface area contributed by atoms with Gasteiger partial charge in [-0.3, -0.25) is 9.59 Å². The van der Waals surface area contributed by atoms with Crippen molar-refractivity contribution < 1.29 is 23.8 Å². The second-order valence-corrected chi connectivity index (χ2v) is 5.03. The summed E-state index contributed by atoms with van der Waals surface area (Å²) in [6, 6.07) is 5.92. The van der Waals surface area contributed by atoms with Gasteiger partial charge in [0.25, 0.3) is 0 Å². The molecule has 0 unspecified atom stereocenters. The van der Waals surface area contributed by atoms with Gasteiger partial charge in [-0.2, -0.15) is 0 Å². The van der Waals surface area contributed by atoms with Crippen LogP contribution in [0, 0.1) is 5.82 Å². The molecule has 2 N–H and O–H groups in total. The zero-order valence-electron chi connectivity index (χ0n) is 11.5. The molecule has 0 aliphatic carbocycles. The third kappa shape index (κ3) is 5.69. The van der Waals surface area contributed by atoms with Gasteiger partial charge in [0.05, 0.1) is 19.4 Å². The van der Waals surface area contributed by atoms with Gasteiger partial charge in [0.15, 0.2) is 11.6 Å². The summed E-state index contributed by atoms with van der Waals surface area (Å²) in [6.07, 6.45) is -0.149. The molecular weight excluding hydrogens is 265 g/mol. The Kier molecular flexibility index (Phi) is 5.49. The molecule has 0 heterocycles. The molecular formula is C14H18FNO4. The predicted octanol–water partition coefficient (Wildman–Crippen LogP) is 1.96. The molecule has 1 rings (SSSR count). The van der Waals surface area contributed by atoms with Gasteiger partial charge in [0.1, 0.15) is 0 Å². The predicted molar refractivity (Wildman–Crippen MR) is 71.0 cm³/mol. The van der Waals surface area contributed by atoms with Gasteiger partial charge in [-0.25, -0.2) is 4.39 Å². The highest BCUT2D eigenvalue weighted by molar-refractivity contribution is 5.78. The van der Waals surface area contributed by atoms with Gasteiger partial charge in [-0.15, -0.1) is 0 Å². The van der Waals surface area contributed by atoms with Gasteiger partial charge >= 0.3 is 5.97 Å². The van der Waals surface area contributed by atoms with E-state index in [-0.39, 0.29) is 31.1 Å². The monoisotopic (exact) mass is 283 g/mol. The minimum atomic E-state index is -0.988. The Labute approximate surface area is 116 Å². The number of carboxylic acids is 1. The van der Waals surface area contributed by atoms with Crippen LogP contribution in [0.5, 0.6) is 5.75 Å². The molecule has 0 aliphatic rings. The Morgan fingerprint density at radius 2 is 2.00 bits per heavy atom. The van der Waals surface area contributed by atoms with Crippen molar-refractivity contribution in [3.05, 3.63) is 30.1 Å². The van der Waals surface area contributed by atoms with Crippen molar-refractivity contribution in [2.45, 2.75) is 32.2 Å². The van der Waals surface area contributed by atoms with E-state index in [0.717, 1.165) is 0 Å². The summed E-state index contributed by atoms with van der Waals surface area (Å²) >= 11 is 0. The molecule has 0 radical (unpaired) electrons. The fraction of sp³-hybridized carbons (Fsp3) is 0.429. The topological polar surface area (TPSA) is 75.6 Å². The standard InChI is InChI=1S/C14H18FNO4/c1-14(2,9-13(18)19)16-12(17)7-8-20-11-6-4-3-5-10(11)15/h3-6H,7-9H2,1-2H3,(H,16,17)(H,18,19). The van der Waals surface area contributed by atoms with E-state index in [1.165, 1.54) is 12.1 Å². The molecule has 0 saturated carbocycles. The third-order valence-electron chi connectivity index (χ3n) is 2.49. The number of carbonyl (C=O) groups is 2. The second-order valence-electron chi connectivity index (χ2n) is 5.03. The van der Waals surface area contributed by atoms with Crippen molar-refractivity contribution in [1.82, 2.24) is 5.32 Å². The molecule has 0 atom stereocenters. The number of hydrogen-bond acceptors (Lipinski definition) is 3. The van der Waals surface area contributed by atoms with E-state index < -0.39 is 17.3 Å². The van der Waals surface area contributed by atoms with Crippen LogP contribution in [0.25, 0.3) is 0 Å². The highest BCUT2D eigenvalue weighted by atomic mass is 19.1. The summed E-state index contributed by atoms with van der Waals surface area (Å²) in [4.78, 5) is 22.3. The average molecular weight is 283 g/mol. The maximum absolute atomic E-state index is 13.2. The number of benzene rings is 1. The van der Waals surface area contributed by atoms with E-state index in [9.17, 15) is 14.0 Å². The van der Waals surface area contributed by atoms with Gasteiger partial charge in [0.2, 0.25) is 5.91 Å². The molecule has 0 saturated heterocycles. The van der Waals surface area contributed by atoms with Crippen LogP contribution < -0.4 is 10.1 Å². The summed E-state index contributed by atoms with van der Waals surface area (Å²) < 4.78 is 18.4. The van der Waals surface area contributed by atoms with Gasteiger partial charge in [0, 0.05) is 5.54 Å². The van der Waals surface area contributed by atoms with E-state index in [2.05, 4.69) is 5.32 Å². The van der Waals surface area contributed by atoms with E-state index >= 15 is 0 Å². The van der Waals surface area contributed by atoms with Gasteiger partial charge in [-0.05, 0) is 26.0 Å². The number of amides is 1. The summed E-state index contributed by atoms with van der Waals surface area (Å²) in [7, 11) is 0. The van der Waals surface area contributed by atoms with Crippen LogP contribution in [-0.4, -0.2) is 29.1 Å². The first-order valence-electron chi connectivity index (χ1n) is 6.20. The molecule has 6 heteroatoms. The number of aliphatic carboxylic acids is 1. The van der Waals surface area contributed by atoms with Crippen LogP contribution in [0.2, 0.25) is 0 Å². The Bertz CT molecular complexity index is 488. The molecule has 5 nitrogen and oxygen atoms in total. The molecule has 0 bridgehead atoms. The third-order valence-corrected chi connectivity index (χ3v) is 2.49. The highest BCUT2D eigenvalue weighted by Gasteiger charge is 2.23. The summed E-state index contributed by atoms with van der Waals surface area (Å²) in [6.45, 7) is 3.27. The fourth-order valence-electron chi connectivity index (χ4n) is 1.68. The molecule has 0 fully saturated rings. The molecule has 1 amide bonds. The first-order valence-corrected chi connectivity index (χ1v) is 6.20. The molecule has 20 heavy (non-hydrogen) atoms. The van der Waals surface area contributed by atoms with Crippen LogP contribution in [-0.2, 0) is 9.59 Å². The van der Waals surface area contributed by atoms with E-state index in [1.807, 2.05) is 0 Å². The largest absolute Gasteiger partial charge is 0.490 e. The lowest BCUT2D eigenvalue weighted by Crippen LogP contribution is -2.45. The lowest BCUT2D eigenvalue weighted by molar-refractivity contribution is -0.138. The van der Waals surface area contributed by atoms with Gasteiger partial charge in [-0.1, -0.05) is 12.1 Å². The normalized spacial score (nSPS) is 10.9. The van der Waals surface area contributed by atoms with Crippen LogP contribution in [0.3, 0.4) is 0 Å². The highest BCUT2D eigenvalue weighted by Crippen LogP contribution is 2.15. The minimum Gasteiger partial charge on any atom is -0.490 e. The van der Waals surface area contributed by atoms with E-state index in [4.69, 9.17) is 9.84 Å². The van der Waals surface area contributed by atoms with Crippen LogP contribution in [0.15, 0.2) is 24.3 Å². The maximum atomic E-state index is 13.2. The van der Waals surface area contributed by atoms with Crippen LogP contribution in [0.1, 0.15) is 26.7 Å². The second kappa shape index (κ2) is 6.88. The lowest BCUT2D eigenvalue weighted by atomic mass is 10.0. The SMILES string of the molecule is CC(C)(CC(=O)O)NC(=O)CCOc1ccccc1F. The lowest BCUT2D eigenvalue weighted by Gasteiger charge is -2.24. The van der Waals surface area contributed by atoms with Crippen molar-refractivity contribution in [1.29, 1.82) is 0 Å². The molecule has 1 aromatic rings. The number of halogens is 1. The van der Waals surface area contributed by atoms with Gasteiger partial charge < -0.3 is 15.2 Å². The summed E-state index contributed by atoms with van der Waals surface area (Å²) in [5.41, 5.74) is -0.832. The fourth-order valence-corrected chi connectivity index (χ4v) is 1.68. The number of para-hydroxylation sites is 1. The van der Waals surface area contributed by atoms with E-state index in [0.29, 0.717) is 0 Å². The maximum Gasteiger partial charge on any atom is 0.305 e. The summed E-state index contributed by atoms with van der Waals surface area (Å²) in [5.74, 6) is -1.73.